The van der Waals surface area contributed by atoms with Crippen LogP contribution in [0.5, 0.6) is 0 Å². The number of nitrogens with zero attached hydrogens (tertiary/aromatic N) is 3. The number of hydrogen-bond acceptors (Lipinski definition) is 6. The summed E-state index contributed by atoms with van der Waals surface area (Å²) in [6.45, 7) is 5.12. The van der Waals surface area contributed by atoms with Gasteiger partial charge in [0.1, 0.15) is 11.9 Å². The van der Waals surface area contributed by atoms with Crippen LogP contribution in [-0.4, -0.2) is 35.0 Å². The molecule has 0 radical (unpaired) electrons. The highest BCUT2D eigenvalue weighted by Crippen LogP contribution is 2.21. The van der Waals surface area contributed by atoms with E-state index in [4.69, 9.17) is 5.84 Å². The Bertz CT molecular complexity index is 435. The summed E-state index contributed by atoms with van der Waals surface area (Å²) in [6.07, 6.45) is 1.69. The number of nitrogens with two attached hydrogens (primary N) is 1. The summed E-state index contributed by atoms with van der Waals surface area (Å²) >= 11 is 0. The maximum atomic E-state index is 11.6. The molecule has 1 saturated heterocycles. The second kappa shape index (κ2) is 4.54. The van der Waals surface area contributed by atoms with Crippen molar-refractivity contribution in [2.75, 3.05) is 23.4 Å². The predicted molar refractivity (Wildman–Crippen MR) is 64.4 cm³/mol. The lowest BCUT2D eigenvalue weighted by molar-refractivity contribution is -0.122. The minimum atomic E-state index is -0.233. The quantitative estimate of drug-likeness (QED) is 0.468. The van der Waals surface area contributed by atoms with Gasteiger partial charge < -0.3 is 10.2 Å². The molecule has 17 heavy (non-hydrogen) atoms. The van der Waals surface area contributed by atoms with Crippen LogP contribution in [0.3, 0.4) is 0 Å². The number of hydrazine groups is 1. The molecule has 0 saturated carbocycles. The number of carbonyl (C=O) groups excluding carboxylic acids is 1. The first-order chi connectivity index (χ1) is 8.13. The third kappa shape index (κ3) is 2.14. The molecular formula is C10H16N6O. The van der Waals surface area contributed by atoms with Crippen molar-refractivity contribution in [1.82, 2.24) is 15.3 Å². The first-order valence-electron chi connectivity index (χ1n) is 5.48. The molecule has 7 heteroatoms. The molecule has 92 valence electrons. The van der Waals surface area contributed by atoms with Crippen LogP contribution in [0.2, 0.25) is 0 Å². The number of anilines is 2. The van der Waals surface area contributed by atoms with Crippen molar-refractivity contribution < 1.29 is 4.79 Å². The number of aryl methyl sites for hydroxylation is 1. The lowest BCUT2D eigenvalue weighted by Gasteiger charge is -2.34. The largest absolute Gasteiger partial charge is 0.353 e. The van der Waals surface area contributed by atoms with Gasteiger partial charge >= 0.3 is 0 Å². The van der Waals surface area contributed by atoms with Gasteiger partial charge in [-0.05, 0) is 13.8 Å². The Balaban J connectivity index is 2.34. The van der Waals surface area contributed by atoms with Crippen LogP contribution in [0.4, 0.5) is 11.8 Å². The van der Waals surface area contributed by atoms with Crippen LogP contribution in [-0.2, 0) is 4.79 Å². The fraction of sp³-hybridized carbons (Fsp3) is 0.500. The first kappa shape index (κ1) is 11.6. The van der Waals surface area contributed by atoms with Crippen LogP contribution in [0.25, 0.3) is 0 Å². The third-order valence-electron chi connectivity index (χ3n) is 2.85. The second-order valence-electron chi connectivity index (χ2n) is 4.00. The molecule has 0 bridgehead atoms. The number of amides is 1. The van der Waals surface area contributed by atoms with E-state index in [1.165, 1.54) is 0 Å². The van der Waals surface area contributed by atoms with E-state index in [2.05, 4.69) is 20.7 Å². The minimum absolute atomic E-state index is 0.0107. The first-order valence-corrected chi connectivity index (χ1v) is 5.48. The van der Waals surface area contributed by atoms with Gasteiger partial charge in [-0.1, -0.05) is 0 Å². The zero-order chi connectivity index (χ0) is 12.4. The van der Waals surface area contributed by atoms with E-state index in [-0.39, 0.29) is 11.9 Å². The highest BCUT2D eigenvalue weighted by Gasteiger charge is 2.27. The Hall–Kier alpha value is -1.89. The van der Waals surface area contributed by atoms with Crippen molar-refractivity contribution in [1.29, 1.82) is 0 Å². The number of nitrogen functional groups attached to an aromatic ring is 1. The van der Waals surface area contributed by atoms with E-state index in [9.17, 15) is 4.79 Å². The SMILES string of the molecule is Cc1cnc(NN)nc1N1CCNC(=O)C1C. The molecule has 0 spiro atoms. The molecule has 1 aromatic rings. The number of piperazine rings is 1. The van der Waals surface area contributed by atoms with Crippen molar-refractivity contribution in [2.24, 2.45) is 5.84 Å². The maximum Gasteiger partial charge on any atom is 0.242 e. The smallest absolute Gasteiger partial charge is 0.242 e. The second-order valence-corrected chi connectivity index (χ2v) is 4.00. The summed E-state index contributed by atoms with van der Waals surface area (Å²) in [4.78, 5) is 21.9. The molecule has 1 aliphatic heterocycles. The number of nitrogens with one attached hydrogen (secondary N) is 2. The Labute approximate surface area is 99.4 Å². The van der Waals surface area contributed by atoms with Crippen LogP contribution in [0.15, 0.2) is 6.20 Å². The van der Waals surface area contributed by atoms with E-state index in [0.29, 0.717) is 12.5 Å². The van der Waals surface area contributed by atoms with Gasteiger partial charge in [0.15, 0.2) is 0 Å². The Morgan fingerprint density at radius 2 is 2.41 bits per heavy atom. The van der Waals surface area contributed by atoms with E-state index < -0.39 is 0 Å². The molecule has 0 aliphatic carbocycles. The summed E-state index contributed by atoms with van der Waals surface area (Å²) in [5.41, 5.74) is 3.33. The Morgan fingerprint density at radius 1 is 1.65 bits per heavy atom. The molecule has 2 heterocycles. The topological polar surface area (TPSA) is 96.2 Å². The van der Waals surface area contributed by atoms with Crippen molar-refractivity contribution in [3.05, 3.63) is 11.8 Å². The number of hydrogen-bond donors (Lipinski definition) is 3. The molecule has 0 aromatic carbocycles. The summed E-state index contributed by atoms with van der Waals surface area (Å²) < 4.78 is 0. The van der Waals surface area contributed by atoms with Crippen molar-refractivity contribution >= 4 is 17.7 Å². The van der Waals surface area contributed by atoms with Gasteiger partial charge in [0.25, 0.3) is 0 Å². The van der Waals surface area contributed by atoms with Crippen LogP contribution < -0.4 is 21.5 Å². The fourth-order valence-electron chi connectivity index (χ4n) is 1.87. The molecular weight excluding hydrogens is 220 g/mol. The molecule has 4 N–H and O–H groups in total. The highest BCUT2D eigenvalue weighted by molar-refractivity contribution is 5.86. The fourth-order valence-corrected chi connectivity index (χ4v) is 1.87. The lowest BCUT2D eigenvalue weighted by atomic mass is 10.2. The predicted octanol–water partition coefficient (Wildman–Crippen LogP) is -0.605. The van der Waals surface area contributed by atoms with Gasteiger partial charge in [0.05, 0.1) is 0 Å². The van der Waals surface area contributed by atoms with E-state index in [1.54, 1.807) is 6.20 Å². The summed E-state index contributed by atoms with van der Waals surface area (Å²) in [6, 6.07) is -0.233. The molecule has 1 unspecified atom stereocenters. The average molecular weight is 236 g/mol. The number of aromatic nitrogens is 2. The molecule has 1 aromatic heterocycles. The summed E-state index contributed by atoms with van der Waals surface area (Å²) in [7, 11) is 0. The van der Waals surface area contributed by atoms with Gasteiger partial charge in [-0.25, -0.2) is 10.8 Å². The van der Waals surface area contributed by atoms with Crippen LogP contribution in [0, 0.1) is 6.92 Å². The highest BCUT2D eigenvalue weighted by atomic mass is 16.2. The van der Waals surface area contributed by atoms with Gasteiger partial charge in [0, 0.05) is 24.8 Å². The van der Waals surface area contributed by atoms with Gasteiger partial charge in [-0.15, -0.1) is 0 Å². The monoisotopic (exact) mass is 236 g/mol. The molecule has 1 amide bonds. The lowest BCUT2D eigenvalue weighted by Crippen LogP contribution is -2.54. The standard InChI is InChI=1S/C10H16N6O/c1-6-5-13-10(15-11)14-8(6)16-4-3-12-9(17)7(16)2/h5,7H,3-4,11H2,1-2H3,(H,12,17)(H,13,14,15). The molecule has 1 fully saturated rings. The number of rotatable bonds is 2. The summed E-state index contributed by atoms with van der Waals surface area (Å²) in [5.74, 6) is 6.39. The van der Waals surface area contributed by atoms with E-state index in [0.717, 1.165) is 17.9 Å². The third-order valence-corrected chi connectivity index (χ3v) is 2.85. The molecule has 7 nitrogen and oxygen atoms in total. The van der Waals surface area contributed by atoms with E-state index in [1.807, 2.05) is 18.7 Å². The Morgan fingerprint density at radius 3 is 3.12 bits per heavy atom. The van der Waals surface area contributed by atoms with Crippen molar-refractivity contribution in [2.45, 2.75) is 19.9 Å². The van der Waals surface area contributed by atoms with E-state index >= 15 is 0 Å². The maximum absolute atomic E-state index is 11.6. The van der Waals surface area contributed by atoms with Crippen molar-refractivity contribution in [3.8, 4) is 0 Å². The molecule has 1 aliphatic rings. The van der Waals surface area contributed by atoms with Gasteiger partial charge in [-0.3, -0.25) is 10.2 Å². The normalized spacial score (nSPS) is 20.1. The van der Waals surface area contributed by atoms with Crippen LogP contribution >= 0.6 is 0 Å². The molecule has 1 atom stereocenters. The molecule has 2 rings (SSSR count). The zero-order valence-electron chi connectivity index (χ0n) is 9.90. The van der Waals surface area contributed by atoms with Gasteiger partial charge in [0.2, 0.25) is 11.9 Å². The Kier molecular flexibility index (Phi) is 3.10. The van der Waals surface area contributed by atoms with Crippen LogP contribution in [0.1, 0.15) is 12.5 Å². The average Bonchev–Trinajstić information content (AvgIpc) is 2.34. The van der Waals surface area contributed by atoms with Gasteiger partial charge in [-0.2, -0.15) is 4.98 Å². The minimum Gasteiger partial charge on any atom is -0.353 e. The van der Waals surface area contributed by atoms with Crippen molar-refractivity contribution in [3.63, 3.8) is 0 Å². The zero-order valence-corrected chi connectivity index (χ0v) is 9.90. The number of carbonyl (C=O) groups is 1. The summed E-state index contributed by atoms with van der Waals surface area (Å²) in [5, 5.41) is 2.82.